The van der Waals surface area contributed by atoms with E-state index >= 15 is 8.78 Å². The summed E-state index contributed by atoms with van der Waals surface area (Å²) in [5, 5.41) is 0.806. The van der Waals surface area contributed by atoms with E-state index < -0.39 is 11.6 Å². The van der Waals surface area contributed by atoms with Crippen LogP contribution >= 0.6 is 35.0 Å². The maximum atomic E-state index is 15.2. The zero-order valence-corrected chi connectivity index (χ0v) is 29.4. The molecular formula is C29H21Cl2F2N2OPrRuS2. The van der Waals surface area contributed by atoms with E-state index in [4.69, 9.17) is 40.6 Å². The Hall–Kier alpha value is -0.853. The van der Waals surface area contributed by atoms with Gasteiger partial charge in [0.2, 0.25) is 0 Å². The second-order valence-corrected chi connectivity index (χ2v) is 11.5. The molecule has 0 unspecified atom stereocenters. The Bertz CT molecular complexity index is 1470. The summed E-state index contributed by atoms with van der Waals surface area (Å²) in [5.74, 6) is -0.164. The van der Waals surface area contributed by atoms with Crippen LogP contribution in [-0.4, -0.2) is 29.3 Å². The number of para-hydroxylation sites is 3. The fourth-order valence-corrected chi connectivity index (χ4v) is 7.02. The van der Waals surface area contributed by atoms with Crippen molar-refractivity contribution in [2.75, 3.05) is 22.9 Å². The standard InChI is InChI=1S/C29H22Cl2F2N2OS2.Pr.Ru/c1-18-8-2-7-13-25(18)36-29(38-27-20(31)15-14-19(30)26(27)37)28-34(23-11-5-3-9-21(23)32)16-17-35(28)24-12-6-4-10-22(24)33;;/h1-15,28-29,37H,16-17H2;;/q;;+1/p-1/t29-;;/m1../s1. The molecule has 0 spiro atoms. The molecule has 1 aliphatic heterocycles. The van der Waals surface area contributed by atoms with Crippen LogP contribution in [0, 0.1) is 52.9 Å². The Morgan fingerprint density at radius 2 is 1.38 bits per heavy atom. The fraction of sp³-hybridized carbons (Fsp3) is 0.138. The van der Waals surface area contributed by atoms with Gasteiger partial charge in [-0.3, -0.25) is 0 Å². The summed E-state index contributed by atoms with van der Waals surface area (Å²) < 4.78 is 39.0. The second kappa shape index (κ2) is 14.6. The number of nitrogens with zero attached hydrogens (tertiary/aromatic N) is 2. The number of anilines is 2. The van der Waals surface area contributed by atoms with Crippen LogP contribution in [0.3, 0.4) is 0 Å². The molecule has 11 heteroatoms. The Morgan fingerprint density at radius 1 is 0.850 bits per heavy atom. The molecule has 1 heterocycles. The van der Waals surface area contributed by atoms with Crippen LogP contribution in [0.5, 0.6) is 5.75 Å². The Kier molecular flexibility index (Phi) is 11.7. The van der Waals surface area contributed by atoms with Gasteiger partial charge >= 0.3 is 257 Å². The van der Waals surface area contributed by atoms with Gasteiger partial charge in [-0.2, -0.15) is 0 Å². The summed E-state index contributed by atoms with van der Waals surface area (Å²) in [5.41, 5.74) is 0.885. The molecule has 0 saturated carbocycles. The summed E-state index contributed by atoms with van der Waals surface area (Å²) >= 11 is 22.4. The van der Waals surface area contributed by atoms with Gasteiger partial charge in [0, 0.05) is 41.3 Å². The molecule has 1 fully saturated rings. The minimum atomic E-state index is -0.739. The molecule has 40 heavy (non-hydrogen) atoms. The molecule has 4 aromatic carbocycles. The number of ether oxygens (including phenoxy) is 1. The predicted molar refractivity (Wildman–Crippen MR) is 155 cm³/mol. The first kappa shape index (κ1) is 32.1. The Labute approximate surface area is 295 Å². The van der Waals surface area contributed by atoms with Crippen LogP contribution in [0.4, 0.5) is 20.2 Å². The molecule has 1 saturated heterocycles. The fourth-order valence-electron chi connectivity index (χ4n) is 4.52. The normalized spacial score (nSPS) is 14.1. The minimum Gasteiger partial charge on any atom is 0 e. The van der Waals surface area contributed by atoms with Crippen molar-refractivity contribution in [2.45, 2.75) is 21.4 Å². The Morgan fingerprint density at radius 3 is 1.95 bits per heavy atom. The molecule has 3 nitrogen and oxygen atoms in total. The third-order valence-electron chi connectivity index (χ3n) is 6.31. The molecule has 204 valence electrons. The average Bonchev–Trinajstić information content (AvgIpc) is 3.38. The smallest absolute Gasteiger partial charge is 0 e. The SMILES string of the molecule is Fc1ccccc1N1CCN(c2ccccc2F)C1[C@H](Oc1ccccc1[CH]=[Ru+])Sc1c(Cl)ccc(Cl)c1[S-].[Pr]. The van der Waals surface area contributed by atoms with Crippen LogP contribution in [0.1, 0.15) is 5.56 Å². The van der Waals surface area contributed by atoms with Crippen LogP contribution in [0.15, 0.2) is 94.7 Å². The van der Waals surface area contributed by atoms with Gasteiger partial charge < -0.3 is 0 Å². The van der Waals surface area contributed by atoms with E-state index in [1.807, 2.05) is 38.7 Å². The summed E-state index contributed by atoms with van der Waals surface area (Å²) in [6, 6.07) is 24.0. The van der Waals surface area contributed by atoms with E-state index in [0.29, 0.717) is 50.1 Å². The molecule has 0 aliphatic carbocycles. The van der Waals surface area contributed by atoms with Gasteiger partial charge in [0.1, 0.15) is 0 Å². The quantitative estimate of drug-likeness (QED) is 0.0781. The van der Waals surface area contributed by atoms with E-state index in [-0.39, 0.29) is 52.9 Å². The maximum Gasteiger partial charge on any atom is 0 e. The number of halogens is 4. The first-order chi connectivity index (χ1) is 18.9. The third-order valence-corrected chi connectivity index (χ3v) is 9.49. The number of rotatable bonds is 8. The molecule has 0 aromatic heterocycles. The molecule has 1 atom stereocenters. The van der Waals surface area contributed by atoms with Crippen molar-refractivity contribution in [1.82, 2.24) is 0 Å². The molecular weight excluding hydrogens is 807 g/mol. The van der Waals surface area contributed by atoms with Crippen LogP contribution in [0.2, 0.25) is 10.0 Å². The number of benzene rings is 4. The van der Waals surface area contributed by atoms with Crippen molar-refractivity contribution in [3.05, 3.63) is 112 Å². The first-order valence-corrected chi connectivity index (χ1v) is 15.0. The van der Waals surface area contributed by atoms with Crippen LogP contribution in [-0.2, 0) is 30.5 Å². The van der Waals surface area contributed by atoms with Gasteiger partial charge in [0.15, 0.2) is 0 Å². The van der Waals surface area contributed by atoms with Crippen molar-refractivity contribution in [3.8, 4) is 5.75 Å². The summed E-state index contributed by atoms with van der Waals surface area (Å²) in [6.45, 7) is 0.866. The van der Waals surface area contributed by atoms with Gasteiger partial charge in [-0.15, -0.1) is 0 Å². The predicted octanol–water partition coefficient (Wildman–Crippen LogP) is 7.72. The van der Waals surface area contributed by atoms with Crippen LogP contribution < -0.4 is 14.5 Å². The molecule has 0 bridgehead atoms. The number of hydrogen-bond donors (Lipinski definition) is 0. The van der Waals surface area contributed by atoms with Gasteiger partial charge in [-0.05, 0) is 0 Å². The van der Waals surface area contributed by atoms with Gasteiger partial charge in [0.05, 0.1) is 0 Å². The van der Waals surface area contributed by atoms with Crippen molar-refractivity contribution >= 4 is 63.6 Å². The van der Waals surface area contributed by atoms with Crippen molar-refractivity contribution in [1.29, 1.82) is 0 Å². The van der Waals surface area contributed by atoms with E-state index in [1.54, 1.807) is 48.5 Å². The molecule has 4 aromatic rings. The van der Waals surface area contributed by atoms with Crippen LogP contribution in [0.25, 0.3) is 0 Å². The molecule has 1 radical (unpaired) electrons. The van der Waals surface area contributed by atoms with Gasteiger partial charge in [-0.1, -0.05) is 0 Å². The zero-order valence-electron chi connectivity index (χ0n) is 20.8. The third kappa shape index (κ3) is 6.85. The van der Waals surface area contributed by atoms with Gasteiger partial charge in [0.25, 0.3) is 0 Å². The van der Waals surface area contributed by atoms with E-state index in [0.717, 1.165) is 5.56 Å². The van der Waals surface area contributed by atoms with Crippen molar-refractivity contribution < 1.29 is 72.7 Å². The summed E-state index contributed by atoms with van der Waals surface area (Å²) in [6.07, 6.45) is -0.646. The molecule has 5 rings (SSSR count). The monoisotopic (exact) mass is 828 g/mol. The topological polar surface area (TPSA) is 15.7 Å². The Balaban J connectivity index is 0.00000370. The van der Waals surface area contributed by atoms with E-state index in [9.17, 15) is 0 Å². The minimum absolute atomic E-state index is 0. The molecule has 0 N–H and O–H groups in total. The molecule has 0 amide bonds. The van der Waals surface area contributed by atoms with Gasteiger partial charge in [-0.25, -0.2) is 0 Å². The first-order valence-electron chi connectivity index (χ1n) is 11.9. The average molecular weight is 829 g/mol. The zero-order chi connectivity index (χ0) is 27.5. The summed E-state index contributed by atoms with van der Waals surface area (Å²) in [4.78, 5) is 4.75. The second-order valence-electron chi connectivity index (χ2n) is 8.63. The van der Waals surface area contributed by atoms with E-state index in [2.05, 4.69) is 17.9 Å². The van der Waals surface area contributed by atoms with Crippen molar-refractivity contribution in [2.24, 2.45) is 0 Å². The largest absolute Gasteiger partial charge is 0 e. The molecule has 1 aliphatic rings. The number of thioether (sulfide) groups is 1. The van der Waals surface area contributed by atoms with E-state index in [1.165, 1.54) is 23.9 Å². The number of hydrogen-bond acceptors (Lipinski definition) is 5. The van der Waals surface area contributed by atoms with Crippen molar-refractivity contribution in [3.63, 3.8) is 0 Å². The summed E-state index contributed by atoms with van der Waals surface area (Å²) in [7, 11) is 0. The maximum absolute atomic E-state index is 15.2.